The summed E-state index contributed by atoms with van der Waals surface area (Å²) in [6, 6.07) is 2.17. The third kappa shape index (κ3) is 4.94. The van der Waals surface area contributed by atoms with Crippen molar-refractivity contribution >= 4 is 21.8 Å². The van der Waals surface area contributed by atoms with E-state index in [0.29, 0.717) is 12.1 Å². The van der Waals surface area contributed by atoms with Gasteiger partial charge in [0.15, 0.2) is 17.7 Å². The lowest BCUT2D eigenvalue weighted by Gasteiger charge is -2.31. The summed E-state index contributed by atoms with van der Waals surface area (Å²) in [7, 11) is -4.08. The van der Waals surface area contributed by atoms with E-state index in [1.165, 1.54) is 4.90 Å². The smallest absolute Gasteiger partial charge is 0.248 e. The number of nitrogens with zero attached hydrogens (tertiary/aromatic N) is 1. The predicted molar refractivity (Wildman–Crippen MR) is 81.7 cm³/mol. The maximum atomic E-state index is 13.1. The van der Waals surface area contributed by atoms with Gasteiger partial charge in [-0.2, -0.15) is 0 Å². The molecule has 1 aliphatic heterocycles. The number of morpholine rings is 1. The van der Waals surface area contributed by atoms with Crippen molar-refractivity contribution in [1.29, 1.82) is 0 Å². The number of nitrogens with two attached hydrogens (primary N) is 1. The summed E-state index contributed by atoms with van der Waals surface area (Å²) in [6.07, 6.45) is -1.06. The number of carbonyl (C=O) groups is 2. The average Bonchev–Trinajstić information content (AvgIpc) is 2.57. The Bertz CT molecular complexity index is 772. The molecule has 1 saturated heterocycles. The third-order valence-corrected chi connectivity index (χ3v) is 5.03. The molecule has 2 rings (SSSR count). The van der Waals surface area contributed by atoms with Crippen molar-refractivity contribution in [2.45, 2.75) is 17.4 Å². The normalized spacial score (nSPS) is 18.2. The number of sulfonamides is 1. The van der Waals surface area contributed by atoms with Crippen molar-refractivity contribution in [3.05, 3.63) is 29.8 Å². The van der Waals surface area contributed by atoms with Crippen LogP contribution in [0.1, 0.15) is 6.42 Å². The molecule has 1 heterocycles. The van der Waals surface area contributed by atoms with Crippen LogP contribution < -0.4 is 10.5 Å². The van der Waals surface area contributed by atoms with Gasteiger partial charge in [-0.15, -0.1) is 0 Å². The minimum atomic E-state index is -4.08. The molecule has 1 atom stereocenters. The maximum Gasteiger partial charge on any atom is 0.248 e. The van der Waals surface area contributed by atoms with Gasteiger partial charge < -0.3 is 15.4 Å². The number of hydrogen-bond donors (Lipinski definition) is 2. The minimum absolute atomic E-state index is 0.00406. The maximum absolute atomic E-state index is 13.1. The first kappa shape index (κ1) is 19.2. The molecule has 0 radical (unpaired) electrons. The lowest BCUT2D eigenvalue weighted by Crippen LogP contribution is -2.50. The molecule has 8 nitrogen and oxygen atoms in total. The Kier molecular flexibility index (Phi) is 6.03. The Balaban J connectivity index is 1.89. The van der Waals surface area contributed by atoms with E-state index in [-0.39, 0.29) is 38.6 Å². The van der Waals surface area contributed by atoms with Crippen LogP contribution in [0.25, 0.3) is 0 Å². The zero-order chi connectivity index (χ0) is 18.6. The van der Waals surface area contributed by atoms with Crippen molar-refractivity contribution in [3.8, 4) is 0 Å². The van der Waals surface area contributed by atoms with E-state index < -0.39 is 38.6 Å². The Morgan fingerprint density at radius 2 is 2.04 bits per heavy atom. The molecule has 0 aromatic heterocycles. The summed E-state index contributed by atoms with van der Waals surface area (Å²) in [5.74, 6) is -3.52. The van der Waals surface area contributed by atoms with Gasteiger partial charge in [-0.05, 0) is 18.2 Å². The second-order valence-corrected chi connectivity index (χ2v) is 7.09. The van der Waals surface area contributed by atoms with Crippen LogP contribution in [0.3, 0.4) is 0 Å². The number of ether oxygens (including phenoxy) is 1. The number of amides is 2. The monoisotopic (exact) mass is 377 g/mol. The first-order chi connectivity index (χ1) is 11.7. The van der Waals surface area contributed by atoms with E-state index in [2.05, 4.69) is 4.72 Å². The topological polar surface area (TPSA) is 119 Å². The van der Waals surface area contributed by atoms with Gasteiger partial charge in [-0.25, -0.2) is 21.9 Å². The van der Waals surface area contributed by atoms with Crippen molar-refractivity contribution in [3.63, 3.8) is 0 Å². The lowest BCUT2D eigenvalue weighted by atomic mass is 10.2. The lowest BCUT2D eigenvalue weighted by molar-refractivity contribution is -0.145. The first-order valence-electron chi connectivity index (χ1n) is 7.34. The molecule has 138 valence electrons. The van der Waals surface area contributed by atoms with Crippen LogP contribution in [0.15, 0.2) is 23.1 Å². The molecular weight excluding hydrogens is 360 g/mol. The summed E-state index contributed by atoms with van der Waals surface area (Å²) >= 11 is 0. The number of benzene rings is 1. The van der Waals surface area contributed by atoms with E-state index >= 15 is 0 Å². The number of carbonyl (C=O) groups excluding carboxylic acids is 2. The Labute approximate surface area is 143 Å². The van der Waals surface area contributed by atoms with E-state index in [0.717, 1.165) is 6.07 Å². The molecule has 3 N–H and O–H groups in total. The van der Waals surface area contributed by atoms with E-state index in [4.69, 9.17) is 10.5 Å². The van der Waals surface area contributed by atoms with Crippen molar-refractivity contribution in [2.24, 2.45) is 5.73 Å². The van der Waals surface area contributed by atoms with Crippen LogP contribution in [-0.2, 0) is 24.3 Å². The molecule has 0 aliphatic carbocycles. The predicted octanol–water partition coefficient (Wildman–Crippen LogP) is -0.654. The van der Waals surface area contributed by atoms with Crippen LogP contribution in [0, 0.1) is 11.6 Å². The second kappa shape index (κ2) is 7.85. The van der Waals surface area contributed by atoms with Gasteiger partial charge >= 0.3 is 0 Å². The Morgan fingerprint density at radius 1 is 1.32 bits per heavy atom. The summed E-state index contributed by atoms with van der Waals surface area (Å²) in [6.45, 7) is 0.182. The zero-order valence-corrected chi connectivity index (χ0v) is 13.9. The molecule has 1 aromatic rings. The zero-order valence-electron chi connectivity index (χ0n) is 13.1. The highest BCUT2D eigenvalue weighted by Crippen LogP contribution is 2.13. The first-order valence-corrected chi connectivity index (χ1v) is 8.82. The fourth-order valence-corrected chi connectivity index (χ4v) is 3.27. The average molecular weight is 377 g/mol. The van der Waals surface area contributed by atoms with Crippen LogP contribution in [0.4, 0.5) is 8.78 Å². The van der Waals surface area contributed by atoms with Crippen LogP contribution in [-0.4, -0.2) is 57.5 Å². The number of primary amides is 1. The van der Waals surface area contributed by atoms with E-state index in [1.807, 2.05) is 0 Å². The van der Waals surface area contributed by atoms with Gasteiger partial charge in [0, 0.05) is 19.5 Å². The van der Waals surface area contributed by atoms with Crippen LogP contribution in [0.5, 0.6) is 0 Å². The fraction of sp³-hybridized carbons (Fsp3) is 0.429. The van der Waals surface area contributed by atoms with Gasteiger partial charge in [-0.1, -0.05) is 0 Å². The van der Waals surface area contributed by atoms with Gasteiger partial charge in [0.05, 0.1) is 18.0 Å². The van der Waals surface area contributed by atoms with Gasteiger partial charge in [0.2, 0.25) is 21.8 Å². The summed E-state index contributed by atoms with van der Waals surface area (Å²) < 4.78 is 57.2. The number of rotatable bonds is 6. The van der Waals surface area contributed by atoms with Crippen molar-refractivity contribution in [2.75, 3.05) is 26.2 Å². The second-order valence-electron chi connectivity index (χ2n) is 5.33. The molecule has 1 aromatic carbocycles. The SMILES string of the molecule is NC(=O)C1CN(C(=O)CCNS(=O)(=O)c2ccc(F)c(F)c2)CCO1. The molecule has 0 spiro atoms. The molecule has 1 aliphatic rings. The largest absolute Gasteiger partial charge is 0.367 e. The number of hydrogen-bond acceptors (Lipinski definition) is 5. The summed E-state index contributed by atoms with van der Waals surface area (Å²) in [5.41, 5.74) is 5.12. The third-order valence-electron chi connectivity index (χ3n) is 3.57. The number of halogens is 2. The number of nitrogens with one attached hydrogen (secondary N) is 1. The van der Waals surface area contributed by atoms with Crippen molar-refractivity contribution in [1.82, 2.24) is 9.62 Å². The highest BCUT2D eigenvalue weighted by Gasteiger charge is 2.27. The van der Waals surface area contributed by atoms with Gasteiger partial charge in [0.25, 0.3) is 0 Å². The van der Waals surface area contributed by atoms with Crippen LogP contribution in [0.2, 0.25) is 0 Å². The molecular formula is C14H17F2N3O5S. The van der Waals surface area contributed by atoms with Gasteiger partial charge in [0.1, 0.15) is 0 Å². The molecule has 0 saturated carbocycles. The van der Waals surface area contributed by atoms with Crippen LogP contribution >= 0.6 is 0 Å². The molecule has 2 amide bonds. The van der Waals surface area contributed by atoms with E-state index in [9.17, 15) is 26.8 Å². The van der Waals surface area contributed by atoms with E-state index in [1.54, 1.807) is 0 Å². The van der Waals surface area contributed by atoms with Crippen molar-refractivity contribution < 1.29 is 31.5 Å². The fourth-order valence-electron chi connectivity index (χ4n) is 2.23. The summed E-state index contributed by atoms with van der Waals surface area (Å²) in [5, 5.41) is 0. The molecule has 1 unspecified atom stereocenters. The van der Waals surface area contributed by atoms with Gasteiger partial charge in [-0.3, -0.25) is 9.59 Å². The molecule has 11 heteroatoms. The summed E-state index contributed by atoms with van der Waals surface area (Å²) in [4.78, 5) is 24.1. The quantitative estimate of drug-likeness (QED) is 0.683. The molecule has 0 bridgehead atoms. The Morgan fingerprint density at radius 3 is 2.68 bits per heavy atom. The standard InChI is InChI=1S/C14H17F2N3O5S/c15-10-2-1-9(7-11(10)16)25(22,23)18-4-3-13(20)19-5-6-24-12(8-19)14(17)21/h1-2,7,12,18H,3-6,8H2,(H2,17,21). The highest BCUT2D eigenvalue weighted by atomic mass is 32.2. The molecule has 1 fully saturated rings. The highest BCUT2D eigenvalue weighted by molar-refractivity contribution is 7.89. The molecule has 25 heavy (non-hydrogen) atoms. The minimum Gasteiger partial charge on any atom is -0.367 e. The Hall–Kier alpha value is -2.11.